The molecule has 142 valence electrons. The van der Waals surface area contributed by atoms with E-state index in [1.807, 2.05) is 13.0 Å². The maximum Gasteiger partial charge on any atom is 0.253 e. The minimum absolute atomic E-state index is 0.0452. The van der Waals surface area contributed by atoms with E-state index in [0.29, 0.717) is 38.0 Å². The number of nitrogens with zero attached hydrogens (tertiary/aromatic N) is 1. The highest BCUT2D eigenvalue weighted by Crippen LogP contribution is 2.20. The fourth-order valence-corrected chi connectivity index (χ4v) is 3.49. The van der Waals surface area contributed by atoms with Crippen LogP contribution in [-0.2, 0) is 11.3 Å². The number of aryl methyl sites for hydroxylation is 2. The molecular formula is C22H25FN2O2. The summed E-state index contributed by atoms with van der Waals surface area (Å²) in [6.45, 7) is 5.71. The number of piperidine rings is 1. The summed E-state index contributed by atoms with van der Waals surface area (Å²) in [5.74, 6) is -0.494. The van der Waals surface area contributed by atoms with Crippen LogP contribution in [0.2, 0.25) is 0 Å². The predicted molar refractivity (Wildman–Crippen MR) is 103 cm³/mol. The van der Waals surface area contributed by atoms with Gasteiger partial charge in [0.05, 0.1) is 0 Å². The van der Waals surface area contributed by atoms with Crippen LogP contribution in [0.25, 0.3) is 0 Å². The summed E-state index contributed by atoms with van der Waals surface area (Å²) in [4.78, 5) is 26.7. The minimum Gasteiger partial charge on any atom is -0.352 e. The third kappa shape index (κ3) is 4.73. The number of nitrogens with one attached hydrogen (secondary N) is 1. The summed E-state index contributed by atoms with van der Waals surface area (Å²) in [5, 5.41) is 3.03. The van der Waals surface area contributed by atoms with Crippen LogP contribution in [0.15, 0.2) is 42.5 Å². The molecule has 1 fully saturated rings. The lowest BCUT2D eigenvalue weighted by Crippen LogP contribution is -2.43. The van der Waals surface area contributed by atoms with Gasteiger partial charge in [0, 0.05) is 31.1 Å². The molecule has 2 amide bonds. The van der Waals surface area contributed by atoms with E-state index in [1.54, 1.807) is 4.90 Å². The molecule has 1 N–H and O–H groups in total. The molecule has 3 rings (SSSR count). The molecule has 0 saturated carbocycles. The van der Waals surface area contributed by atoms with Crippen molar-refractivity contribution in [3.05, 3.63) is 70.5 Å². The third-order valence-corrected chi connectivity index (χ3v) is 5.20. The standard InChI is InChI=1S/C22H25FN2O2/c1-15-3-4-19(16(2)13-15)14-24-21(26)17-9-11-25(12-10-17)22(27)18-5-7-20(23)8-6-18/h3-8,13,17H,9-12,14H2,1-2H3,(H,24,26). The minimum atomic E-state index is -0.356. The highest BCUT2D eigenvalue weighted by atomic mass is 19.1. The van der Waals surface area contributed by atoms with Gasteiger partial charge in [-0.15, -0.1) is 0 Å². The topological polar surface area (TPSA) is 49.4 Å². The first-order valence-electron chi connectivity index (χ1n) is 9.32. The van der Waals surface area contributed by atoms with Gasteiger partial charge in [-0.2, -0.15) is 0 Å². The van der Waals surface area contributed by atoms with Gasteiger partial charge in [0.1, 0.15) is 5.82 Å². The van der Waals surface area contributed by atoms with Crippen molar-refractivity contribution in [2.75, 3.05) is 13.1 Å². The van der Waals surface area contributed by atoms with Gasteiger partial charge in [0.15, 0.2) is 0 Å². The molecular weight excluding hydrogens is 343 g/mol. The predicted octanol–water partition coefficient (Wildman–Crippen LogP) is 3.61. The number of carbonyl (C=O) groups is 2. The molecule has 5 heteroatoms. The number of amides is 2. The van der Waals surface area contributed by atoms with Crippen LogP contribution in [0.3, 0.4) is 0 Å². The zero-order valence-electron chi connectivity index (χ0n) is 15.8. The van der Waals surface area contributed by atoms with E-state index < -0.39 is 0 Å². The van der Waals surface area contributed by atoms with E-state index in [9.17, 15) is 14.0 Å². The van der Waals surface area contributed by atoms with Crippen molar-refractivity contribution in [1.29, 1.82) is 0 Å². The van der Waals surface area contributed by atoms with Crippen molar-refractivity contribution >= 4 is 11.8 Å². The quantitative estimate of drug-likeness (QED) is 0.896. The molecule has 0 bridgehead atoms. The van der Waals surface area contributed by atoms with Crippen LogP contribution < -0.4 is 5.32 Å². The van der Waals surface area contributed by atoms with Crippen LogP contribution >= 0.6 is 0 Å². The van der Waals surface area contributed by atoms with Crippen LogP contribution in [0.4, 0.5) is 4.39 Å². The molecule has 0 spiro atoms. The highest BCUT2D eigenvalue weighted by Gasteiger charge is 2.27. The van der Waals surface area contributed by atoms with E-state index in [2.05, 4.69) is 24.4 Å². The molecule has 0 radical (unpaired) electrons. The average Bonchev–Trinajstić information content (AvgIpc) is 2.67. The highest BCUT2D eigenvalue weighted by molar-refractivity contribution is 5.94. The molecule has 4 nitrogen and oxygen atoms in total. The Balaban J connectivity index is 1.50. The van der Waals surface area contributed by atoms with E-state index in [1.165, 1.54) is 35.4 Å². The molecule has 1 heterocycles. The SMILES string of the molecule is Cc1ccc(CNC(=O)C2CCN(C(=O)c3ccc(F)cc3)CC2)c(C)c1. The summed E-state index contributed by atoms with van der Waals surface area (Å²) in [6, 6.07) is 11.8. The Morgan fingerprint density at radius 2 is 1.74 bits per heavy atom. The smallest absolute Gasteiger partial charge is 0.253 e. The van der Waals surface area contributed by atoms with Crippen LogP contribution in [-0.4, -0.2) is 29.8 Å². The second-order valence-corrected chi connectivity index (χ2v) is 7.22. The lowest BCUT2D eigenvalue weighted by Gasteiger charge is -2.31. The zero-order valence-corrected chi connectivity index (χ0v) is 15.8. The van der Waals surface area contributed by atoms with E-state index in [0.717, 1.165) is 5.56 Å². The van der Waals surface area contributed by atoms with Crippen molar-refractivity contribution in [3.63, 3.8) is 0 Å². The summed E-state index contributed by atoms with van der Waals surface area (Å²) >= 11 is 0. The Morgan fingerprint density at radius 1 is 1.07 bits per heavy atom. The third-order valence-electron chi connectivity index (χ3n) is 5.20. The number of halogens is 1. The van der Waals surface area contributed by atoms with Crippen LogP contribution in [0.5, 0.6) is 0 Å². The Kier molecular flexibility index (Phi) is 5.89. The molecule has 27 heavy (non-hydrogen) atoms. The largest absolute Gasteiger partial charge is 0.352 e. The number of hydrogen-bond donors (Lipinski definition) is 1. The van der Waals surface area contributed by atoms with Gasteiger partial charge in [-0.3, -0.25) is 9.59 Å². The van der Waals surface area contributed by atoms with Crippen molar-refractivity contribution in [2.24, 2.45) is 5.92 Å². The van der Waals surface area contributed by atoms with Crippen molar-refractivity contribution in [2.45, 2.75) is 33.2 Å². The summed E-state index contributed by atoms with van der Waals surface area (Å²) in [6.07, 6.45) is 1.29. The Morgan fingerprint density at radius 3 is 2.37 bits per heavy atom. The fourth-order valence-electron chi connectivity index (χ4n) is 3.49. The Bertz CT molecular complexity index is 825. The van der Waals surface area contributed by atoms with E-state index in [-0.39, 0.29) is 23.5 Å². The molecule has 0 aromatic heterocycles. The lowest BCUT2D eigenvalue weighted by atomic mass is 9.95. The molecule has 1 aliphatic heterocycles. The van der Waals surface area contributed by atoms with Gasteiger partial charge in [-0.25, -0.2) is 4.39 Å². The first-order chi connectivity index (χ1) is 12.9. The number of rotatable bonds is 4. The summed E-state index contributed by atoms with van der Waals surface area (Å²) in [7, 11) is 0. The molecule has 0 unspecified atom stereocenters. The Hall–Kier alpha value is -2.69. The number of benzene rings is 2. The first-order valence-corrected chi connectivity index (χ1v) is 9.32. The fraction of sp³-hybridized carbons (Fsp3) is 0.364. The van der Waals surface area contributed by atoms with Crippen molar-refractivity contribution in [3.8, 4) is 0 Å². The van der Waals surface area contributed by atoms with Gasteiger partial charge in [-0.05, 0) is 62.1 Å². The molecule has 0 atom stereocenters. The van der Waals surface area contributed by atoms with Crippen molar-refractivity contribution < 1.29 is 14.0 Å². The number of likely N-dealkylation sites (tertiary alicyclic amines) is 1. The molecule has 1 saturated heterocycles. The van der Waals surface area contributed by atoms with Gasteiger partial charge in [0.2, 0.25) is 5.91 Å². The second kappa shape index (κ2) is 8.33. The lowest BCUT2D eigenvalue weighted by molar-refractivity contribution is -0.126. The molecule has 0 aliphatic carbocycles. The maximum atomic E-state index is 13.0. The average molecular weight is 368 g/mol. The second-order valence-electron chi connectivity index (χ2n) is 7.22. The van der Waals surface area contributed by atoms with Gasteiger partial charge in [0.25, 0.3) is 5.91 Å². The monoisotopic (exact) mass is 368 g/mol. The summed E-state index contributed by atoms with van der Waals surface area (Å²) < 4.78 is 13.0. The van der Waals surface area contributed by atoms with Gasteiger partial charge < -0.3 is 10.2 Å². The van der Waals surface area contributed by atoms with Gasteiger partial charge in [-0.1, -0.05) is 23.8 Å². The van der Waals surface area contributed by atoms with Crippen LogP contribution in [0.1, 0.15) is 39.9 Å². The normalized spacial score (nSPS) is 14.9. The molecule has 2 aromatic carbocycles. The summed E-state index contributed by atoms with van der Waals surface area (Å²) in [5.41, 5.74) is 3.99. The van der Waals surface area contributed by atoms with E-state index >= 15 is 0 Å². The molecule has 2 aromatic rings. The van der Waals surface area contributed by atoms with Crippen LogP contribution in [0, 0.1) is 25.6 Å². The number of hydrogen-bond acceptors (Lipinski definition) is 2. The zero-order chi connectivity index (χ0) is 19.4. The van der Waals surface area contributed by atoms with E-state index in [4.69, 9.17) is 0 Å². The number of carbonyl (C=O) groups excluding carboxylic acids is 2. The van der Waals surface area contributed by atoms with Crippen molar-refractivity contribution in [1.82, 2.24) is 10.2 Å². The Labute approximate surface area is 159 Å². The maximum absolute atomic E-state index is 13.0. The molecule has 1 aliphatic rings. The first kappa shape index (κ1) is 19.1. The van der Waals surface area contributed by atoms with Gasteiger partial charge >= 0.3 is 0 Å².